The van der Waals surface area contributed by atoms with Crippen LogP contribution in [0.1, 0.15) is 131 Å². The van der Waals surface area contributed by atoms with Gasteiger partial charge in [-0.2, -0.15) is 0 Å². The maximum Gasteiger partial charge on any atom is 0.192 e. The van der Waals surface area contributed by atoms with Crippen LogP contribution in [0, 0.1) is 5.41 Å². The summed E-state index contributed by atoms with van der Waals surface area (Å²) in [5.41, 5.74) is 8.71. The number of aromatic nitrogens is 1. The Hall–Kier alpha value is -1.74. The maximum atomic E-state index is 7.47. The van der Waals surface area contributed by atoms with Crippen molar-refractivity contribution in [1.29, 1.82) is 0 Å². The normalized spacial score (nSPS) is 25.9. The third-order valence-electron chi connectivity index (χ3n) is 10.8. The monoisotopic (exact) mass is 737 g/mol. The molecule has 0 radical (unpaired) electrons. The van der Waals surface area contributed by atoms with Crippen molar-refractivity contribution < 1.29 is 13.9 Å². The average Bonchev–Trinajstić information content (AvgIpc) is 3.50. The van der Waals surface area contributed by atoms with Gasteiger partial charge in [0.15, 0.2) is 8.32 Å². The van der Waals surface area contributed by atoms with E-state index in [-0.39, 0.29) is 34.2 Å². The Balaban J connectivity index is 1.48. The second-order valence-corrected chi connectivity index (χ2v) is 22.6. The second kappa shape index (κ2) is 12.1. The molecular weight excluding hydrogens is 685 g/mol. The van der Waals surface area contributed by atoms with Gasteiger partial charge in [0.25, 0.3) is 0 Å². The molecule has 45 heavy (non-hydrogen) atoms. The zero-order valence-corrected chi connectivity index (χ0v) is 32.0. The number of nitrogens with zero attached hydrogens (tertiary/aromatic N) is 1. The van der Waals surface area contributed by atoms with E-state index in [1.807, 2.05) is 6.07 Å². The van der Waals surface area contributed by atoms with E-state index >= 15 is 0 Å². The molecule has 1 fully saturated rings. The van der Waals surface area contributed by atoms with Crippen molar-refractivity contribution in [3.05, 3.63) is 93.8 Å². The van der Waals surface area contributed by atoms with Crippen molar-refractivity contribution in [2.75, 3.05) is 0 Å². The summed E-state index contributed by atoms with van der Waals surface area (Å²) < 4.78 is 21.5. The topological polar surface area (TPSA) is 40.6 Å². The van der Waals surface area contributed by atoms with Crippen LogP contribution in [0.4, 0.5) is 0 Å². The van der Waals surface area contributed by atoms with Crippen LogP contribution in [-0.2, 0) is 27.8 Å². The number of benzene rings is 2. The molecule has 6 heteroatoms. The molecule has 3 aromatic rings. The lowest BCUT2D eigenvalue weighted by Gasteiger charge is -2.45. The minimum atomic E-state index is -2.06. The molecule has 2 heterocycles. The molecule has 2 aliphatic carbocycles. The summed E-state index contributed by atoms with van der Waals surface area (Å²) in [5, 5.41) is 0.128. The number of hydrogen-bond acceptors (Lipinski definition) is 4. The summed E-state index contributed by atoms with van der Waals surface area (Å²) in [5.74, 6) is 1.17. The fraction of sp³-hybridized carbons (Fsp3) is 0.564. The van der Waals surface area contributed by atoms with Crippen molar-refractivity contribution >= 4 is 30.9 Å². The smallest absolute Gasteiger partial charge is 0.192 e. The second-order valence-electron chi connectivity index (χ2n) is 16.3. The summed E-state index contributed by atoms with van der Waals surface area (Å²) in [6, 6.07) is 19.0. The summed E-state index contributed by atoms with van der Waals surface area (Å²) in [4.78, 5) is 5.59. The van der Waals surface area contributed by atoms with Crippen molar-refractivity contribution in [2.24, 2.45) is 5.41 Å². The van der Waals surface area contributed by atoms with Crippen LogP contribution < -0.4 is 4.74 Å². The zero-order valence-electron chi connectivity index (χ0n) is 28.8. The quantitative estimate of drug-likeness (QED) is 0.138. The Labute approximate surface area is 286 Å². The van der Waals surface area contributed by atoms with Gasteiger partial charge >= 0.3 is 0 Å². The van der Waals surface area contributed by atoms with Crippen molar-refractivity contribution in [3.63, 3.8) is 0 Å². The molecule has 1 saturated carbocycles. The first-order valence-corrected chi connectivity index (χ1v) is 21.1. The molecule has 4 atom stereocenters. The lowest BCUT2D eigenvalue weighted by molar-refractivity contribution is -0.0515. The van der Waals surface area contributed by atoms with Crippen molar-refractivity contribution in [3.8, 4) is 5.75 Å². The van der Waals surface area contributed by atoms with Gasteiger partial charge in [-0.25, -0.2) is 0 Å². The minimum Gasteiger partial charge on any atom is -0.489 e. The van der Waals surface area contributed by atoms with E-state index in [2.05, 4.69) is 133 Å². The SMILES string of the molecule is CC(C)c1nc2c(c3c1[C@@H](c1ccc(OCc4ccccc4)cc1)OC31CCCC1I)C(O[Si](C)(C)C(C)(C)C)CC(C)(C)C2. The van der Waals surface area contributed by atoms with E-state index < -0.39 is 8.32 Å². The highest BCUT2D eigenvalue weighted by Crippen LogP contribution is 2.62. The van der Waals surface area contributed by atoms with Crippen molar-refractivity contribution in [1.82, 2.24) is 4.98 Å². The molecule has 4 nitrogen and oxygen atoms in total. The molecule has 242 valence electrons. The highest BCUT2D eigenvalue weighted by molar-refractivity contribution is 14.1. The van der Waals surface area contributed by atoms with Gasteiger partial charge in [0.05, 0.1) is 6.10 Å². The number of hydrogen-bond donors (Lipinski definition) is 0. The largest absolute Gasteiger partial charge is 0.489 e. The van der Waals surface area contributed by atoms with Gasteiger partial charge in [-0.15, -0.1) is 0 Å². The summed E-state index contributed by atoms with van der Waals surface area (Å²) >= 11 is 2.70. The van der Waals surface area contributed by atoms with Gasteiger partial charge < -0.3 is 13.9 Å². The van der Waals surface area contributed by atoms with Crippen LogP contribution in [0.25, 0.3) is 0 Å². The minimum absolute atomic E-state index is 0.0318. The van der Waals surface area contributed by atoms with Gasteiger partial charge in [0.1, 0.15) is 24.1 Å². The van der Waals surface area contributed by atoms with Gasteiger partial charge in [-0.1, -0.05) is 114 Å². The lowest BCUT2D eigenvalue weighted by Crippen LogP contribution is -2.44. The number of rotatable bonds is 7. The third kappa shape index (κ3) is 6.18. The van der Waals surface area contributed by atoms with Crippen LogP contribution in [0.15, 0.2) is 54.6 Å². The van der Waals surface area contributed by atoms with E-state index in [1.54, 1.807) is 0 Å². The fourth-order valence-electron chi connectivity index (χ4n) is 7.48. The van der Waals surface area contributed by atoms with Crippen LogP contribution in [0.3, 0.4) is 0 Å². The van der Waals surface area contributed by atoms with Crippen LogP contribution >= 0.6 is 22.6 Å². The predicted octanol–water partition coefficient (Wildman–Crippen LogP) is 11.1. The number of pyridine rings is 1. The summed E-state index contributed by atoms with van der Waals surface area (Å²) in [7, 11) is -2.06. The first kappa shape index (κ1) is 33.2. The molecule has 0 saturated heterocycles. The standard InChI is InChI=1S/C39H52INO3Si/c1-25(2)35-33-34(32-29(41-35)22-38(6,7)23-30(32)44-45(8,9)37(3,4)5)39(21-13-16-31(39)40)43-36(33)27-17-19-28(20-18-27)42-24-26-14-11-10-12-15-26/h10-12,14-15,17-20,25,30-31,36H,13,16,21-24H2,1-9H3/t30?,31?,36-,39?/m1/s1. The number of halogens is 1. The molecule has 6 rings (SSSR count). The molecule has 1 aromatic heterocycles. The number of fused-ring (bicyclic) bond motifs is 4. The molecule has 3 aliphatic rings. The first-order chi connectivity index (χ1) is 21.1. The molecule has 0 amide bonds. The third-order valence-corrected chi connectivity index (χ3v) is 16.9. The number of ether oxygens (including phenoxy) is 2. The van der Waals surface area contributed by atoms with Crippen LogP contribution in [0.2, 0.25) is 18.1 Å². The van der Waals surface area contributed by atoms with E-state index in [1.165, 1.54) is 52.0 Å². The molecular formula is C39H52INO3Si. The Morgan fingerprint density at radius 3 is 2.31 bits per heavy atom. The van der Waals surface area contributed by atoms with E-state index in [0.717, 1.165) is 25.0 Å². The molecule has 0 bridgehead atoms. The molecule has 3 unspecified atom stereocenters. The van der Waals surface area contributed by atoms with Crippen LogP contribution in [-0.4, -0.2) is 17.2 Å². The Kier molecular flexibility index (Phi) is 8.88. The van der Waals surface area contributed by atoms with Crippen molar-refractivity contribution in [2.45, 2.75) is 133 Å². The van der Waals surface area contributed by atoms with Gasteiger partial charge in [0.2, 0.25) is 0 Å². The number of alkyl halides is 1. The zero-order chi connectivity index (χ0) is 32.4. The molecule has 1 spiro atoms. The van der Waals surface area contributed by atoms with E-state index in [4.69, 9.17) is 18.9 Å². The highest BCUT2D eigenvalue weighted by atomic mass is 127. The highest BCUT2D eigenvalue weighted by Gasteiger charge is 2.57. The molecule has 2 aromatic carbocycles. The molecule has 0 N–H and O–H groups in total. The lowest BCUT2D eigenvalue weighted by atomic mass is 9.70. The Bertz CT molecular complexity index is 1530. The van der Waals surface area contributed by atoms with Gasteiger partial charge in [0, 0.05) is 32.0 Å². The summed E-state index contributed by atoms with van der Waals surface area (Å²) in [6.07, 6.45) is 5.27. The average molecular weight is 738 g/mol. The van der Waals surface area contributed by atoms with Gasteiger partial charge in [-0.05, 0) is 84.8 Å². The summed E-state index contributed by atoms with van der Waals surface area (Å²) in [6.45, 7) is 21.8. The maximum absolute atomic E-state index is 7.47. The van der Waals surface area contributed by atoms with E-state index in [9.17, 15) is 0 Å². The first-order valence-electron chi connectivity index (χ1n) is 17.0. The Morgan fingerprint density at radius 2 is 1.71 bits per heavy atom. The Morgan fingerprint density at radius 1 is 1.02 bits per heavy atom. The van der Waals surface area contributed by atoms with Crippen LogP contribution in [0.5, 0.6) is 5.75 Å². The van der Waals surface area contributed by atoms with Gasteiger partial charge in [-0.3, -0.25) is 4.98 Å². The fourth-order valence-corrected chi connectivity index (χ4v) is 9.96. The molecule has 1 aliphatic heterocycles. The predicted molar refractivity (Wildman–Crippen MR) is 195 cm³/mol. The van der Waals surface area contributed by atoms with E-state index in [0.29, 0.717) is 10.5 Å².